The van der Waals surface area contributed by atoms with Gasteiger partial charge in [0.1, 0.15) is 6.04 Å². The number of hydrogen-bond acceptors (Lipinski definition) is 3. The lowest BCUT2D eigenvalue weighted by Crippen LogP contribution is -2.44. The molecule has 0 aliphatic rings. The van der Waals surface area contributed by atoms with E-state index in [1.165, 1.54) is 18.2 Å². The van der Waals surface area contributed by atoms with E-state index in [0.29, 0.717) is 10.6 Å². The molecule has 0 aromatic heterocycles. The molecule has 1 aromatic rings. The van der Waals surface area contributed by atoms with E-state index < -0.39 is 22.0 Å². The number of halogens is 1. The Labute approximate surface area is 117 Å². The molecule has 0 aliphatic carbocycles. The smallest absolute Gasteiger partial charge is 0.322 e. The fraction of sp³-hybridized carbons (Fsp3) is 0.417. The maximum Gasteiger partial charge on any atom is 0.322 e. The van der Waals surface area contributed by atoms with Crippen molar-refractivity contribution in [2.24, 2.45) is 5.92 Å². The average Bonchev–Trinajstić information content (AvgIpc) is 2.24. The summed E-state index contributed by atoms with van der Waals surface area (Å²) in [6.45, 7) is 4.87. The zero-order chi connectivity index (χ0) is 14.8. The molecule has 0 amide bonds. The first kappa shape index (κ1) is 15.9. The van der Waals surface area contributed by atoms with Crippen LogP contribution in [0.25, 0.3) is 0 Å². The summed E-state index contributed by atoms with van der Waals surface area (Å²) in [4.78, 5) is 11.1. The van der Waals surface area contributed by atoms with Gasteiger partial charge in [0.15, 0.2) is 0 Å². The van der Waals surface area contributed by atoms with Crippen molar-refractivity contribution >= 4 is 27.6 Å². The second kappa shape index (κ2) is 5.90. The van der Waals surface area contributed by atoms with Crippen molar-refractivity contribution in [2.45, 2.75) is 31.7 Å². The van der Waals surface area contributed by atoms with E-state index in [1.807, 2.05) is 0 Å². The van der Waals surface area contributed by atoms with Crippen molar-refractivity contribution in [2.75, 3.05) is 0 Å². The summed E-state index contributed by atoms with van der Waals surface area (Å²) in [5.74, 6) is -1.56. The fourth-order valence-electron chi connectivity index (χ4n) is 1.62. The molecule has 0 saturated heterocycles. The number of rotatable bonds is 5. The Hall–Kier alpha value is -1.11. The summed E-state index contributed by atoms with van der Waals surface area (Å²) in [7, 11) is -3.89. The highest BCUT2D eigenvalue weighted by Crippen LogP contribution is 2.20. The third-order valence-corrected chi connectivity index (χ3v) is 4.48. The Kier molecular flexibility index (Phi) is 4.95. The van der Waals surface area contributed by atoms with Crippen LogP contribution in [0, 0.1) is 12.8 Å². The van der Waals surface area contributed by atoms with Gasteiger partial charge in [-0.2, -0.15) is 4.72 Å². The van der Waals surface area contributed by atoms with Crippen molar-refractivity contribution in [3.63, 3.8) is 0 Å². The second-order valence-corrected chi connectivity index (χ2v) is 6.71. The molecule has 7 heteroatoms. The predicted molar refractivity (Wildman–Crippen MR) is 72.8 cm³/mol. The second-order valence-electron chi connectivity index (χ2n) is 4.59. The summed E-state index contributed by atoms with van der Waals surface area (Å²) in [6.07, 6.45) is 0. The van der Waals surface area contributed by atoms with E-state index >= 15 is 0 Å². The number of nitrogens with one attached hydrogen (secondary N) is 1. The largest absolute Gasteiger partial charge is 0.480 e. The van der Waals surface area contributed by atoms with Crippen LogP contribution >= 0.6 is 11.6 Å². The Morgan fingerprint density at radius 3 is 2.37 bits per heavy atom. The van der Waals surface area contributed by atoms with Crippen LogP contribution in [0.3, 0.4) is 0 Å². The van der Waals surface area contributed by atoms with Crippen LogP contribution in [0.4, 0.5) is 0 Å². The minimum absolute atomic E-state index is 0.0313. The van der Waals surface area contributed by atoms with Crippen molar-refractivity contribution < 1.29 is 18.3 Å². The molecular formula is C12H16ClNO4S. The summed E-state index contributed by atoms with van der Waals surface area (Å²) >= 11 is 5.76. The average molecular weight is 306 g/mol. The summed E-state index contributed by atoms with van der Waals surface area (Å²) < 4.78 is 26.5. The van der Waals surface area contributed by atoms with E-state index in [1.54, 1.807) is 20.8 Å². The van der Waals surface area contributed by atoms with Crippen LogP contribution < -0.4 is 4.72 Å². The number of carboxylic acid groups (broad SMARTS) is 1. The first-order chi connectivity index (χ1) is 8.65. The lowest BCUT2D eigenvalue weighted by atomic mass is 10.1. The Morgan fingerprint density at radius 1 is 1.37 bits per heavy atom. The van der Waals surface area contributed by atoms with E-state index in [2.05, 4.69) is 4.72 Å². The van der Waals surface area contributed by atoms with Crippen LogP contribution in [0.1, 0.15) is 19.4 Å². The zero-order valence-electron chi connectivity index (χ0n) is 10.8. The number of aryl methyl sites for hydroxylation is 1. The number of aliphatic carboxylic acids is 1. The molecular weight excluding hydrogens is 290 g/mol. The molecule has 0 fully saturated rings. The molecule has 1 rings (SSSR count). The van der Waals surface area contributed by atoms with Crippen molar-refractivity contribution in [3.05, 3.63) is 28.8 Å². The number of carboxylic acids is 1. The Morgan fingerprint density at radius 2 is 1.95 bits per heavy atom. The SMILES string of the molecule is Cc1cc(Cl)ccc1S(=O)(=O)N[C@H](C(=O)O)C(C)C. The Bertz CT molecular complexity index is 583. The topological polar surface area (TPSA) is 83.5 Å². The number of hydrogen-bond donors (Lipinski definition) is 2. The minimum Gasteiger partial charge on any atom is -0.480 e. The third kappa shape index (κ3) is 3.92. The number of sulfonamides is 1. The molecule has 1 atom stereocenters. The summed E-state index contributed by atoms with van der Waals surface area (Å²) in [5, 5.41) is 9.45. The molecule has 0 heterocycles. The van der Waals surface area contributed by atoms with Gasteiger partial charge >= 0.3 is 5.97 Å². The van der Waals surface area contributed by atoms with Gasteiger partial charge in [0.2, 0.25) is 10.0 Å². The van der Waals surface area contributed by atoms with Gasteiger partial charge in [-0.25, -0.2) is 8.42 Å². The lowest BCUT2D eigenvalue weighted by molar-refractivity contribution is -0.140. The molecule has 106 valence electrons. The highest BCUT2D eigenvalue weighted by atomic mass is 35.5. The summed E-state index contributed by atoms with van der Waals surface area (Å²) in [6, 6.07) is 3.16. The van der Waals surface area contributed by atoms with Gasteiger partial charge in [0.25, 0.3) is 0 Å². The maximum atomic E-state index is 12.2. The van der Waals surface area contributed by atoms with Gasteiger partial charge in [-0.3, -0.25) is 4.79 Å². The molecule has 0 radical (unpaired) electrons. The molecule has 5 nitrogen and oxygen atoms in total. The molecule has 1 aromatic carbocycles. The molecule has 0 bridgehead atoms. The first-order valence-electron chi connectivity index (χ1n) is 5.66. The van der Waals surface area contributed by atoms with Crippen LogP contribution in [0.2, 0.25) is 5.02 Å². The van der Waals surface area contributed by atoms with Gasteiger partial charge in [0.05, 0.1) is 4.90 Å². The van der Waals surface area contributed by atoms with E-state index in [9.17, 15) is 13.2 Å². The zero-order valence-corrected chi connectivity index (χ0v) is 12.4. The van der Waals surface area contributed by atoms with Crippen molar-refractivity contribution in [1.29, 1.82) is 0 Å². The first-order valence-corrected chi connectivity index (χ1v) is 7.52. The van der Waals surface area contributed by atoms with Crippen LogP contribution in [0.5, 0.6) is 0 Å². The highest BCUT2D eigenvalue weighted by molar-refractivity contribution is 7.89. The lowest BCUT2D eigenvalue weighted by Gasteiger charge is -2.18. The van der Waals surface area contributed by atoms with Crippen LogP contribution in [-0.2, 0) is 14.8 Å². The number of carbonyl (C=O) groups is 1. The quantitative estimate of drug-likeness (QED) is 0.872. The highest BCUT2D eigenvalue weighted by Gasteiger charge is 2.28. The number of benzene rings is 1. The molecule has 0 spiro atoms. The monoisotopic (exact) mass is 305 g/mol. The van der Waals surface area contributed by atoms with E-state index in [-0.39, 0.29) is 10.8 Å². The van der Waals surface area contributed by atoms with Gasteiger partial charge in [-0.1, -0.05) is 25.4 Å². The van der Waals surface area contributed by atoms with Crippen molar-refractivity contribution in [1.82, 2.24) is 4.72 Å². The van der Waals surface area contributed by atoms with Crippen LogP contribution in [-0.4, -0.2) is 25.5 Å². The van der Waals surface area contributed by atoms with Crippen LogP contribution in [0.15, 0.2) is 23.1 Å². The van der Waals surface area contributed by atoms with Gasteiger partial charge in [-0.15, -0.1) is 0 Å². The third-order valence-electron chi connectivity index (χ3n) is 2.64. The van der Waals surface area contributed by atoms with E-state index in [0.717, 1.165) is 0 Å². The van der Waals surface area contributed by atoms with Crippen molar-refractivity contribution in [3.8, 4) is 0 Å². The van der Waals surface area contributed by atoms with Gasteiger partial charge in [0, 0.05) is 5.02 Å². The fourth-order valence-corrected chi connectivity index (χ4v) is 3.41. The Balaban J connectivity index is 3.14. The predicted octanol–water partition coefficient (Wildman–Crippen LogP) is 2.04. The normalized spacial score (nSPS) is 13.5. The summed E-state index contributed by atoms with van der Waals surface area (Å²) in [5.41, 5.74) is 0.466. The standard InChI is InChI=1S/C12H16ClNO4S/c1-7(2)11(12(15)16)14-19(17,18)10-5-4-9(13)6-8(10)3/h4-7,11,14H,1-3H3,(H,15,16)/t11-/m0/s1. The maximum absolute atomic E-state index is 12.2. The van der Waals surface area contributed by atoms with E-state index in [4.69, 9.17) is 16.7 Å². The molecule has 19 heavy (non-hydrogen) atoms. The minimum atomic E-state index is -3.89. The molecule has 0 unspecified atom stereocenters. The molecule has 0 saturated carbocycles. The molecule has 0 aliphatic heterocycles. The van der Waals surface area contributed by atoms with Gasteiger partial charge < -0.3 is 5.11 Å². The van der Waals surface area contributed by atoms with Gasteiger partial charge in [-0.05, 0) is 36.6 Å². The molecule has 2 N–H and O–H groups in total.